The van der Waals surface area contributed by atoms with Crippen LogP contribution in [0.25, 0.3) is 0 Å². The minimum Gasteiger partial charge on any atom is -0.480 e. The first kappa shape index (κ1) is 16.2. The Morgan fingerprint density at radius 1 is 1.30 bits per heavy atom. The average molecular weight is 279 g/mol. The van der Waals surface area contributed by atoms with Crippen LogP contribution >= 0.6 is 0 Å². The molecule has 110 valence electrons. The summed E-state index contributed by atoms with van der Waals surface area (Å²) in [6, 6.07) is 8.34. The number of carboxylic acids is 1. The van der Waals surface area contributed by atoms with Gasteiger partial charge in [-0.15, -0.1) is 0 Å². The van der Waals surface area contributed by atoms with Crippen molar-refractivity contribution in [2.24, 2.45) is 0 Å². The first-order valence-electron chi connectivity index (χ1n) is 6.48. The normalized spacial score (nSPS) is 12.8. The number of carboxylic acid groups (broad SMARTS) is 1. The summed E-state index contributed by atoms with van der Waals surface area (Å²) in [5.74, 6) is -1.37. The zero-order valence-electron chi connectivity index (χ0n) is 12.1. The molecule has 20 heavy (non-hydrogen) atoms. The molecule has 1 aromatic rings. The predicted molar refractivity (Wildman–Crippen MR) is 75.5 cm³/mol. The Hall–Kier alpha value is -1.88. The summed E-state index contributed by atoms with van der Waals surface area (Å²) in [5, 5.41) is 11.7. The zero-order chi connectivity index (χ0) is 15.2. The summed E-state index contributed by atoms with van der Waals surface area (Å²) in [4.78, 5) is 23.5. The van der Waals surface area contributed by atoms with E-state index in [0.29, 0.717) is 0 Å². The molecule has 1 unspecified atom stereocenters. The molecule has 0 bridgehead atoms. The minimum absolute atomic E-state index is 0.239. The SMILES string of the molecule is COCCC(NC(=O)C(C)(C)c1ccccc1)C(=O)O. The smallest absolute Gasteiger partial charge is 0.326 e. The van der Waals surface area contributed by atoms with Gasteiger partial charge in [-0.05, 0) is 19.4 Å². The molecule has 2 N–H and O–H groups in total. The van der Waals surface area contributed by atoms with Gasteiger partial charge in [-0.2, -0.15) is 0 Å². The van der Waals surface area contributed by atoms with Gasteiger partial charge in [0.15, 0.2) is 0 Å². The van der Waals surface area contributed by atoms with Gasteiger partial charge in [0.25, 0.3) is 0 Å². The maximum Gasteiger partial charge on any atom is 0.326 e. The van der Waals surface area contributed by atoms with E-state index in [1.165, 1.54) is 7.11 Å². The van der Waals surface area contributed by atoms with Crippen molar-refractivity contribution < 1.29 is 19.4 Å². The van der Waals surface area contributed by atoms with E-state index in [2.05, 4.69) is 5.32 Å². The number of hydrogen-bond acceptors (Lipinski definition) is 3. The van der Waals surface area contributed by atoms with Crippen LogP contribution in [0.15, 0.2) is 30.3 Å². The second-order valence-corrected chi connectivity index (χ2v) is 5.14. The van der Waals surface area contributed by atoms with Crippen LogP contribution < -0.4 is 5.32 Å². The lowest BCUT2D eigenvalue weighted by Crippen LogP contribution is -2.48. The lowest BCUT2D eigenvalue weighted by Gasteiger charge is -2.26. The molecular formula is C15H21NO4. The third-order valence-electron chi connectivity index (χ3n) is 3.28. The summed E-state index contributed by atoms with van der Waals surface area (Å²) >= 11 is 0. The fourth-order valence-electron chi connectivity index (χ4n) is 1.82. The highest BCUT2D eigenvalue weighted by molar-refractivity contribution is 5.90. The van der Waals surface area contributed by atoms with Crippen LogP contribution in [0.4, 0.5) is 0 Å². The highest BCUT2D eigenvalue weighted by Crippen LogP contribution is 2.23. The molecule has 0 aliphatic rings. The van der Waals surface area contributed by atoms with E-state index in [9.17, 15) is 9.59 Å². The number of hydrogen-bond donors (Lipinski definition) is 2. The van der Waals surface area contributed by atoms with E-state index in [1.807, 2.05) is 30.3 Å². The quantitative estimate of drug-likeness (QED) is 0.794. The van der Waals surface area contributed by atoms with Crippen molar-refractivity contribution >= 4 is 11.9 Å². The van der Waals surface area contributed by atoms with E-state index in [1.54, 1.807) is 13.8 Å². The summed E-state index contributed by atoms with van der Waals surface area (Å²) in [7, 11) is 1.49. The molecule has 0 saturated heterocycles. The van der Waals surface area contributed by atoms with Gasteiger partial charge in [-0.25, -0.2) is 4.79 Å². The maximum absolute atomic E-state index is 12.3. The van der Waals surface area contributed by atoms with Gasteiger partial charge in [0.2, 0.25) is 5.91 Å². The number of rotatable bonds is 7. The summed E-state index contributed by atoms with van der Waals surface area (Å²) < 4.78 is 4.86. The molecule has 0 aliphatic carbocycles. The molecule has 0 fully saturated rings. The van der Waals surface area contributed by atoms with Gasteiger partial charge in [0.1, 0.15) is 6.04 Å². The number of benzene rings is 1. The van der Waals surface area contributed by atoms with Crippen LogP contribution in [0.3, 0.4) is 0 Å². The molecule has 0 heterocycles. The molecule has 1 aromatic carbocycles. The Bertz CT molecular complexity index is 456. The zero-order valence-corrected chi connectivity index (χ0v) is 12.1. The largest absolute Gasteiger partial charge is 0.480 e. The van der Waals surface area contributed by atoms with Gasteiger partial charge >= 0.3 is 5.97 Å². The number of carbonyl (C=O) groups is 2. The van der Waals surface area contributed by atoms with Gasteiger partial charge < -0.3 is 15.2 Å². The molecule has 0 saturated carbocycles. The van der Waals surface area contributed by atoms with Gasteiger partial charge in [-0.1, -0.05) is 30.3 Å². The Balaban J connectivity index is 2.80. The van der Waals surface area contributed by atoms with Gasteiger partial charge in [0, 0.05) is 20.1 Å². The Kier molecular flexibility index (Phi) is 5.70. The predicted octanol–water partition coefficient (Wildman–Crippen LogP) is 1.57. The molecule has 0 aliphatic heterocycles. The third-order valence-corrected chi connectivity index (χ3v) is 3.28. The summed E-state index contributed by atoms with van der Waals surface area (Å²) in [6.45, 7) is 3.82. The van der Waals surface area contributed by atoms with Crippen molar-refractivity contribution in [2.75, 3.05) is 13.7 Å². The van der Waals surface area contributed by atoms with Crippen molar-refractivity contribution in [3.63, 3.8) is 0 Å². The summed E-state index contributed by atoms with van der Waals surface area (Å²) in [6.07, 6.45) is 0.239. The van der Waals surface area contributed by atoms with E-state index in [-0.39, 0.29) is 18.9 Å². The maximum atomic E-state index is 12.3. The third kappa shape index (κ3) is 4.06. The first-order chi connectivity index (χ1) is 9.39. The number of aliphatic carboxylic acids is 1. The molecular weight excluding hydrogens is 258 g/mol. The van der Waals surface area contributed by atoms with Crippen molar-refractivity contribution in [1.29, 1.82) is 0 Å². The van der Waals surface area contributed by atoms with E-state index < -0.39 is 17.4 Å². The van der Waals surface area contributed by atoms with Crippen molar-refractivity contribution in [1.82, 2.24) is 5.32 Å². The topological polar surface area (TPSA) is 75.6 Å². The second-order valence-electron chi connectivity index (χ2n) is 5.14. The fourth-order valence-corrected chi connectivity index (χ4v) is 1.82. The monoisotopic (exact) mass is 279 g/mol. The first-order valence-corrected chi connectivity index (χ1v) is 6.48. The lowest BCUT2D eigenvalue weighted by atomic mass is 9.83. The number of nitrogens with one attached hydrogen (secondary N) is 1. The lowest BCUT2D eigenvalue weighted by molar-refractivity contribution is -0.143. The van der Waals surface area contributed by atoms with E-state index in [4.69, 9.17) is 9.84 Å². The minimum atomic E-state index is -1.06. The molecule has 1 rings (SSSR count). The molecule has 5 nitrogen and oxygen atoms in total. The standard InChI is InChI=1S/C15H21NO4/c1-15(2,11-7-5-4-6-8-11)14(19)16-12(13(17)18)9-10-20-3/h4-8,12H,9-10H2,1-3H3,(H,16,19)(H,17,18). The highest BCUT2D eigenvalue weighted by Gasteiger charge is 2.32. The highest BCUT2D eigenvalue weighted by atomic mass is 16.5. The van der Waals surface area contributed by atoms with Crippen LogP contribution in [-0.4, -0.2) is 36.7 Å². The summed E-state index contributed by atoms with van der Waals surface area (Å²) in [5.41, 5.74) is 0.0514. The van der Waals surface area contributed by atoms with Gasteiger partial charge in [-0.3, -0.25) is 4.79 Å². The average Bonchev–Trinajstić information content (AvgIpc) is 2.43. The molecule has 0 aromatic heterocycles. The Morgan fingerprint density at radius 2 is 1.90 bits per heavy atom. The van der Waals surface area contributed by atoms with Crippen LogP contribution in [0.2, 0.25) is 0 Å². The molecule has 1 amide bonds. The van der Waals surface area contributed by atoms with Crippen molar-refractivity contribution in [2.45, 2.75) is 31.7 Å². The van der Waals surface area contributed by atoms with Crippen LogP contribution in [0, 0.1) is 0 Å². The van der Waals surface area contributed by atoms with E-state index in [0.717, 1.165) is 5.56 Å². The van der Waals surface area contributed by atoms with E-state index >= 15 is 0 Å². The Morgan fingerprint density at radius 3 is 2.40 bits per heavy atom. The molecule has 1 atom stereocenters. The van der Waals surface area contributed by atoms with Crippen molar-refractivity contribution in [3.05, 3.63) is 35.9 Å². The second kappa shape index (κ2) is 7.05. The fraction of sp³-hybridized carbons (Fsp3) is 0.467. The number of amides is 1. The van der Waals surface area contributed by atoms with Crippen LogP contribution in [-0.2, 0) is 19.7 Å². The van der Waals surface area contributed by atoms with Crippen molar-refractivity contribution in [3.8, 4) is 0 Å². The van der Waals surface area contributed by atoms with Crippen LogP contribution in [0.5, 0.6) is 0 Å². The molecule has 0 radical (unpaired) electrons. The Labute approximate surface area is 118 Å². The molecule has 5 heteroatoms. The number of methoxy groups -OCH3 is 1. The number of carbonyl (C=O) groups excluding carboxylic acids is 1. The van der Waals surface area contributed by atoms with Crippen LogP contribution in [0.1, 0.15) is 25.8 Å². The molecule has 0 spiro atoms. The van der Waals surface area contributed by atoms with Gasteiger partial charge in [0.05, 0.1) is 5.41 Å². The number of ether oxygens (including phenoxy) is 1.